The third-order valence-corrected chi connectivity index (χ3v) is 12.1. The van der Waals surface area contributed by atoms with Gasteiger partial charge in [0.2, 0.25) is 0 Å². The maximum atomic E-state index is 12.3. The number of hydrogen-bond acceptors (Lipinski definition) is 10. The zero-order chi connectivity index (χ0) is 36.6. The van der Waals surface area contributed by atoms with Gasteiger partial charge in [0.15, 0.2) is 0 Å². The number of nitrogens with two attached hydrogens (primary N) is 1. The number of carbonyl (C=O) groups is 2. The van der Waals surface area contributed by atoms with E-state index in [9.17, 15) is 9.59 Å². The minimum Gasteiger partial charge on any atom is -0.469 e. The molecule has 0 saturated carbocycles. The number of methoxy groups -OCH3 is 2. The Morgan fingerprint density at radius 2 is 1.43 bits per heavy atom. The first kappa shape index (κ1) is 40.7. The van der Waals surface area contributed by atoms with E-state index in [0.29, 0.717) is 10.0 Å². The van der Waals surface area contributed by atoms with Gasteiger partial charge in [-0.2, -0.15) is 0 Å². The van der Waals surface area contributed by atoms with E-state index >= 15 is 0 Å². The van der Waals surface area contributed by atoms with Crippen LogP contribution in [0.15, 0.2) is 88.9 Å². The molecule has 0 spiro atoms. The van der Waals surface area contributed by atoms with Gasteiger partial charge in [-0.3, -0.25) is 9.69 Å². The number of benzene rings is 2. The van der Waals surface area contributed by atoms with Gasteiger partial charge in [0.05, 0.1) is 20.1 Å². The van der Waals surface area contributed by atoms with Gasteiger partial charge >= 0.3 is 11.9 Å². The molecule has 2 aliphatic rings. The molecule has 51 heavy (non-hydrogen) atoms. The van der Waals surface area contributed by atoms with E-state index < -0.39 is 6.04 Å². The standard InChI is InChI=1S/C16H16ClNO2S.C10H11ClO2.C7H9NS.C6H9NS/c1-20-16(19)15(12-4-2-3-5-13(12)17)18-8-6-14-11(10-18)7-9-21-14;1-7(10(12)13-2)8-5-3-4-6-9(8)11;1-3-8-5-6-2-4-9-7(1)6;7-4-3-6-2-1-5-8-6/h2-5,7,9,15H,6,8,10H2,1H3;3-7H,1-2H3;2,4,8H,1,3,5H2;1-2,5H,3-4,7H2. The summed E-state index contributed by atoms with van der Waals surface area (Å²) < 4.78 is 9.63. The van der Waals surface area contributed by atoms with E-state index in [4.69, 9.17) is 33.7 Å². The first-order chi connectivity index (χ1) is 24.8. The monoisotopic (exact) mass is 785 g/mol. The second-order valence-corrected chi connectivity index (χ2v) is 15.6. The fourth-order valence-corrected chi connectivity index (χ4v) is 8.73. The Bertz CT molecular complexity index is 1770. The molecule has 0 radical (unpaired) electrons. The zero-order valence-corrected chi connectivity index (χ0v) is 33.1. The van der Waals surface area contributed by atoms with Crippen LogP contribution in [0, 0.1) is 0 Å². The Morgan fingerprint density at radius 1 is 0.804 bits per heavy atom. The number of ether oxygens (including phenoxy) is 2. The van der Waals surface area contributed by atoms with Crippen molar-refractivity contribution in [2.75, 3.05) is 33.9 Å². The van der Waals surface area contributed by atoms with Crippen molar-refractivity contribution in [3.63, 3.8) is 0 Å². The Morgan fingerprint density at radius 3 is 2.02 bits per heavy atom. The normalized spacial score (nSPS) is 14.4. The SMILES string of the molecule is COC(=O)C(C)c1ccccc1Cl.COC(=O)C(c1ccccc1Cl)N1CCc2sccc2C1.NCCc1cccs1.c1cc2c(s1)CCNC2. The third-order valence-electron chi connectivity index (χ3n) is 8.41. The largest absolute Gasteiger partial charge is 0.469 e. The lowest BCUT2D eigenvalue weighted by molar-refractivity contribution is -0.147. The molecule has 2 aliphatic heterocycles. The van der Waals surface area contributed by atoms with Crippen molar-refractivity contribution in [2.45, 2.75) is 51.2 Å². The fourth-order valence-electron chi connectivity index (χ4n) is 5.67. The van der Waals surface area contributed by atoms with Crippen LogP contribution in [0.25, 0.3) is 0 Å². The molecule has 272 valence electrons. The van der Waals surface area contributed by atoms with Crippen molar-refractivity contribution >= 4 is 69.2 Å². The van der Waals surface area contributed by atoms with Crippen molar-refractivity contribution in [1.82, 2.24) is 10.2 Å². The van der Waals surface area contributed by atoms with Gasteiger partial charge < -0.3 is 20.5 Å². The number of fused-ring (bicyclic) bond motifs is 2. The van der Waals surface area contributed by atoms with Crippen LogP contribution >= 0.6 is 57.2 Å². The average Bonchev–Trinajstić information content (AvgIpc) is 3.96. The Labute approximate surface area is 323 Å². The van der Waals surface area contributed by atoms with Crippen LogP contribution in [0.2, 0.25) is 10.0 Å². The summed E-state index contributed by atoms with van der Waals surface area (Å²) >= 11 is 17.6. The van der Waals surface area contributed by atoms with Crippen molar-refractivity contribution in [3.8, 4) is 0 Å². The molecule has 0 bridgehead atoms. The molecule has 7 nitrogen and oxygen atoms in total. The summed E-state index contributed by atoms with van der Waals surface area (Å²) in [5.41, 5.74) is 9.74. The van der Waals surface area contributed by atoms with Gasteiger partial charge in [-0.05, 0) is 101 Å². The molecule has 3 aromatic heterocycles. The molecule has 3 N–H and O–H groups in total. The maximum absolute atomic E-state index is 12.3. The van der Waals surface area contributed by atoms with Gasteiger partial charge in [-0.1, -0.05) is 65.7 Å². The van der Waals surface area contributed by atoms with Crippen LogP contribution in [-0.4, -0.2) is 50.7 Å². The molecule has 5 aromatic rings. The Hall–Kier alpha value is -3.06. The number of thiophene rings is 3. The van der Waals surface area contributed by atoms with Crippen LogP contribution in [0.1, 0.15) is 55.8 Å². The number of rotatable bonds is 7. The first-order valence-corrected chi connectivity index (χ1v) is 20.1. The number of nitrogens with one attached hydrogen (secondary N) is 1. The second-order valence-electron chi connectivity index (χ2n) is 11.7. The minimum absolute atomic E-state index is 0.262. The summed E-state index contributed by atoms with van der Waals surface area (Å²) in [6.45, 7) is 6.36. The average molecular weight is 787 g/mol. The highest BCUT2D eigenvalue weighted by Gasteiger charge is 2.32. The first-order valence-electron chi connectivity index (χ1n) is 16.7. The number of halogens is 2. The zero-order valence-electron chi connectivity index (χ0n) is 29.1. The van der Waals surface area contributed by atoms with Crippen LogP contribution in [0.3, 0.4) is 0 Å². The lowest BCUT2D eigenvalue weighted by atomic mass is 10.0. The van der Waals surface area contributed by atoms with Crippen LogP contribution < -0.4 is 11.1 Å². The highest BCUT2D eigenvalue weighted by Crippen LogP contribution is 2.34. The predicted molar refractivity (Wildman–Crippen MR) is 213 cm³/mol. The third kappa shape index (κ3) is 12.0. The molecule has 0 fully saturated rings. The molecule has 0 amide bonds. The molecule has 2 unspecified atom stereocenters. The quantitative estimate of drug-likeness (QED) is 0.159. The summed E-state index contributed by atoms with van der Waals surface area (Å²) in [4.78, 5) is 30.0. The Kier molecular flexibility index (Phi) is 17.1. The van der Waals surface area contributed by atoms with Crippen molar-refractivity contribution < 1.29 is 19.1 Å². The molecule has 5 heterocycles. The van der Waals surface area contributed by atoms with Crippen molar-refractivity contribution in [1.29, 1.82) is 0 Å². The maximum Gasteiger partial charge on any atom is 0.327 e. The van der Waals surface area contributed by atoms with Gasteiger partial charge in [0.1, 0.15) is 6.04 Å². The summed E-state index contributed by atoms with van der Waals surface area (Å²) in [5, 5.41) is 10.9. The Balaban J connectivity index is 0.000000166. The predicted octanol–water partition coefficient (Wildman–Crippen LogP) is 8.93. The van der Waals surface area contributed by atoms with Crippen molar-refractivity contribution in [3.05, 3.63) is 136 Å². The van der Waals surface area contributed by atoms with Gasteiger partial charge in [0, 0.05) is 50.9 Å². The highest BCUT2D eigenvalue weighted by atomic mass is 35.5. The summed E-state index contributed by atoms with van der Waals surface area (Å²) in [6.07, 6.45) is 3.22. The van der Waals surface area contributed by atoms with E-state index in [1.165, 1.54) is 41.5 Å². The van der Waals surface area contributed by atoms with Crippen LogP contribution in [0.5, 0.6) is 0 Å². The number of carbonyl (C=O) groups excluding carboxylic acids is 2. The summed E-state index contributed by atoms with van der Waals surface area (Å²) in [6, 6.07) is 22.8. The van der Waals surface area contributed by atoms with Gasteiger partial charge in [-0.15, -0.1) is 34.0 Å². The fraction of sp³-hybridized carbons (Fsp3) is 0.333. The molecule has 7 rings (SSSR count). The van der Waals surface area contributed by atoms with Crippen LogP contribution in [0.4, 0.5) is 0 Å². The van der Waals surface area contributed by atoms with E-state index in [2.05, 4.69) is 55.4 Å². The van der Waals surface area contributed by atoms with E-state index in [-0.39, 0.29) is 17.9 Å². The highest BCUT2D eigenvalue weighted by molar-refractivity contribution is 7.10. The smallest absolute Gasteiger partial charge is 0.327 e. The summed E-state index contributed by atoms with van der Waals surface area (Å²) in [7, 11) is 2.79. The number of esters is 2. The lowest BCUT2D eigenvalue weighted by Gasteiger charge is -2.33. The second kappa shape index (κ2) is 21.5. The minimum atomic E-state index is -0.447. The molecule has 0 saturated heterocycles. The molecule has 12 heteroatoms. The van der Waals surface area contributed by atoms with Crippen molar-refractivity contribution in [2.24, 2.45) is 5.73 Å². The van der Waals surface area contributed by atoms with E-state index in [1.807, 2.05) is 53.8 Å². The topological polar surface area (TPSA) is 93.9 Å². The number of nitrogens with zero attached hydrogens (tertiary/aromatic N) is 1. The molecule has 0 aliphatic carbocycles. The molecular weight excluding hydrogens is 742 g/mol. The van der Waals surface area contributed by atoms with E-state index in [0.717, 1.165) is 56.7 Å². The van der Waals surface area contributed by atoms with E-state index in [1.54, 1.807) is 40.5 Å². The van der Waals surface area contributed by atoms with Gasteiger partial charge in [-0.25, -0.2) is 4.79 Å². The number of hydrogen-bond donors (Lipinski definition) is 2. The van der Waals surface area contributed by atoms with Gasteiger partial charge in [0.25, 0.3) is 0 Å². The molecular formula is C39H45Cl2N3O4S3. The molecule has 2 aromatic carbocycles. The van der Waals surface area contributed by atoms with Crippen LogP contribution in [-0.2, 0) is 51.4 Å². The summed E-state index contributed by atoms with van der Waals surface area (Å²) in [5.74, 6) is -0.839. The molecule has 2 atom stereocenters. The lowest BCUT2D eigenvalue weighted by Crippen LogP contribution is -2.38.